The van der Waals surface area contributed by atoms with Crippen LogP contribution in [0.1, 0.15) is 33.6 Å². The molecular weight excluding hydrogens is 246 g/mol. The second kappa shape index (κ2) is 6.75. The molecule has 0 saturated carbocycles. The van der Waals surface area contributed by atoms with Crippen LogP contribution in [0.2, 0.25) is 0 Å². The third kappa shape index (κ3) is 5.92. The fraction of sp³-hybridized carbons (Fsp3) is 0.846. The van der Waals surface area contributed by atoms with Crippen LogP contribution in [0, 0.1) is 0 Å². The Hall–Kier alpha value is -1.30. The van der Waals surface area contributed by atoms with Gasteiger partial charge in [-0.2, -0.15) is 0 Å². The predicted molar refractivity (Wildman–Crippen MR) is 74.0 cm³/mol. The topological polar surface area (TPSA) is 74.2 Å². The molecule has 0 atom stereocenters. The molecule has 1 rings (SSSR count). The lowest BCUT2D eigenvalue weighted by atomic mass is 10.1. The van der Waals surface area contributed by atoms with Crippen molar-refractivity contribution in [2.45, 2.75) is 45.3 Å². The highest BCUT2D eigenvalue weighted by Crippen LogP contribution is 2.10. The number of likely N-dealkylation sites (tertiary alicyclic amines) is 1. The molecule has 0 aromatic heterocycles. The van der Waals surface area contributed by atoms with Crippen molar-refractivity contribution in [1.29, 1.82) is 0 Å². The molecular formula is C13H25N3O3. The standard InChI is InChI=1S/C13H25N3O3/c1-13(2,3)19-11(18)9-15-12(14-4)16-7-5-10(17)6-8-16/h10,17H,5-9H2,1-4H3,(H,14,15). The second-order valence-electron chi connectivity index (χ2n) is 5.71. The minimum absolute atomic E-state index is 0.100. The number of aliphatic imine (C=N–C) groups is 1. The zero-order valence-electron chi connectivity index (χ0n) is 12.3. The molecule has 0 spiro atoms. The second-order valence-corrected chi connectivity index (χ2v) is 5.71. The van der Waals surface area contributed by atoms with E-state index in [0.717, 1.165) is 25.9 Å². The maximum atomic E-state index is 11.6. The van der Waals surface area contributed by atoms with Gasteiger partial charge in [-0.25, -0.2) is 0 Å². The van der Waals surface area contributed by atoms with Crippen LogP contribution >= 0.6 is 0 Å². The number of nitrogens with zero attached hydrogens (tertiary/aromatic N) is 2. The van der Waals surface area contributed by atoms with Crippen molar-refractivity contribution in [2.24, 2.45) is 4.99 Å². The summed E-state index contributed by atoms with van der Waals surface area (Å²) >= 11 is 0. The summed E-state index contributed by atoms with van der Waals surface area (Å²) in [6.07, 6.45) is 1.24. The molecule has 0 amide bonds. The number of hydrogen-bond donors (Lipinski definition) is 2. The maximum Gasteiger partial charge on any atom is 0.325 e. The normalized spacial score (nSPS) is 18.4. The molecule has 0 aliphatic carbocycles. The van der Waals surface area contributed by atoms with E-state index in [9.17, 15) is 9.90 Å². The van der Waals surface area contributed by atoms with Crippen LogP contribution in [0.4, 0.5) is 0 Å². The van der Waals surface area contributed by atoms with Crippen LogP contribution in [0.25, 0.3) is 0 Å². The lowest BCUT2D eigenvalue weighted by molar-refractivity contribution is -0.153. The number of carbonyl (C=O) groups excluding carboxylic acids is 1. The summed E-state index contributed by atoms with van der Waals surface area (Å²) < 4.78 is 5.22. The van der Waals surface area contributed by atoms with Crippen molar-refractivity contribution < 1.29 is 14.6 Å². The molecule has 0 aromatic rings. The van der Waals surface area contributed by atoms with Crippen LogP contribution < -0.4 is 5.32 Å². The van der Waals surface area contributed by atoms with E-state index >= 15 is 0 Å². The van der Waals surface area contributed by atoms with Crippen LogP contribution in [0.15, 0.2) is 4.99 Å². The van der Waals surface area contributed by atoms with Gasteiger partial charge < -0.3 is 20.1 Å². The summed E-state index contributed by atoms with van der Waals surface area (Å²) in [5, 5.41) is 12.5. The molecule has 0 aromatic carbocycles. The lowest BCUT2D eigenvalue weighted by Crippen LogP contribution is -2.48. The molecule has 110 valence electrons. The molecule has 6 heteroatoms. The fourth-order valence-electron chi connectivity index (χ4n) is 1.94. The predicted octanol–water partition coefficient (Wildman–Crippen LogP) is 0.360. The number of aliphatic hydroxyl groups excluding tert-OH is 1. The molecule has 6 nitrogen and oxygen atoms in total. The third-order valence-electron chi connectivity index (χ3n) is 2.79. The summed E-state index contributed by atoms with van der Waals surface area (Å²) in [6, 6.07) is 0. The Morgan fingerprint density at radius 3 is 2.47 bits per heavy atom. The summed E-state index contributed by atoms with van der Waals surface area (Å²) in [7, 11) is 1.68. The van der Waals surface area contributed by atoms with Gasteiger partial charge in [0.05, 0.1) is 6.10 Å². The summed E-state index contributed by atoms with van der Waals surface area (Å²) in [4.78, 5) is 17.8. The number of nitrogens with one attached hydrogen (secondary N) is 1. The van der Waals surface area contributed by atoms with Gasteiger partial charge in [0.2, 0.25) is 0 Å². The van der Waals surface area contributed by atoms with Gasteiger partial charge in [-0.05, 0) is 33.6 Å². The van der Waals surface area contributed by atoms with Gasteiger partial charge in [-0.15, -0.1) is 0 Å². The van der Waals surface area contributed by atoms with E-state index in [1.165, 1.54) is 0 Å². The Bertz CT molecular complexity index is 329. The van der Waals surface area contributed by atoms with Crippen LogP contribution in [0.3, 0.4) is 0 Å². The minimum Gasteiger partial charge on any atom is -0.459 e. The van der Waals surface area contributed by atoms with E-state index in [-0.39, 0.29) is 18.6 Å². The van der Waals surface area contributed by atoms with Gasteiger partial charge in [-0.3, -0.25) is 9.79 Å². The monoisotopic (exact) mass is 271 g/mol. The Morgan fingerprint density at radius 1 is 1.42 bits per heavy atom. The molecule has 1 aliphatic rings. The number of rotatable bonds is 2. The number of esters is 1. The van der Waals surface area contributed by atoms with E-state index in [1.807, 2.05) is 25.7 Å². The molecule has 0 unspecified atom stereocenters. The molecule has 19 heavy (non-hydrogen) atoms. The van der Waals surface area contributed by atoms with E-state index in [2.05, 4.69) is 10.3 Å². The van der Waals surface area contributed by atoms with Crippen molar-refractivity contribution in [3.8, 4) is 0 Å². The van der Waals surface area contributed by atoms with Crippen LogP contribution in [-0.4, -0.2) is 60.3 Å². The van der Waals surface area contributed by atoms with Gasteiger partial charge in [-0.1, -0.05) is 0 Å². The molecule has 1 fully saturated rings. The van der Waals surface area contributed by atoms with Gasteiger partial charge in [0.15, 0.2) is 5.96 Å². The number of hydrogen-bond acceptors (Lipinski definition) is 4. The van der Waals surface area contributed by atoms with E-state index in [0.29, 0.717) is 5.96 Å². The van der Waals surface area contributed by atoms with Crippen molar-refractivity contribution in [3.63, 3.8) is 0 Å². The van der Waals surface area contributed by atoms with Gasteiger partial charge in [0.25, 0.3) is 0 Å². The molecule has 0 radical (unpaired) electrons. The number of carbonyl (C=O) groups is 1. The molecule has 2 N–H and O–H groups in total. The zero-order valence-corrected chi connectivity index (χ0v) is 12.3. The van der Waals surface area contributed by atoms with E-state index in [1.54, 1.807) is 7.05 Å². The van der Waals surface area contributed by atoms with E-state index in [4.69, 9.17) is 4.74 Å². The zero-order chi connectivity index (χ0) is 14.5. The average Bonchev–Trinajstić information content (AvgIpc) is 2.29. The highest BCUT2D eigenvalue weighted by molar-refractivity contribution is 5.84. The Balaban J connectivity index is 2.39. The molecule has 1 heterocycles. The Kier molecular flexibility index (Phi) is 5.60. The van der Waals surface area contributed by atoms with Crippen LogP contribution in [0.5, 0.6) is 0 Å². The van der Waals surface area contributed by atoms with Crippen molar-refractivity contribution in [2.75, 3.05) is 26.7 Å². The van der Waals surface area contributed by atoms with Crippen molar-refractivity contribution >= 4 is 11.9 Å². The van der Waals surface area contributed by atoms with Crippen molar-refractivity contribution in [1.82, 2.24) is 10.2 Å². The quantitative estimate of drug-likeness (QED) is 0.431. The molecule has 1 aliphatic heterocycles. The number of piperidine rings is 1. The smallest absolute Gasteiger partial charge is 0.325 e. The summed E-state index contributed by atoms with van der Waals surface area (Å²) in [6.45, 7) is 7.11. The molecule has 1 saturated heterocycles. The lowest BCUT2D eigenvalue weighted by Gasteiger charge is -2.32. The largest absolute Gasteiger partial charge is 0.459 e. The first-order valence-electron chi connectivity index (χ1n) is 6.67. The summed E-state index contributed by atoms with van der Waals surface area (Å²) in [5.74, 6) is 0.378. The summed E-state index contributed by atoms with van der Waals surface area (Å²) in [5.41, 5.74) is -0.475. The highest BCUT2D eigenvalue weighted by Gasteiger charge is 2.21. The van der Waals surface area contributed by atoms with Crippen LogP contribution in [-0.2, 0) is 9.53 Å². The number of aliphatic hydroxyl groups is 1. The third-order valence-corrected chi connectivity index (χ3v) is 2.79. The van der Waals surface area contributed by atoms with Gasteiger partial charge in [0, 0.05) is 20.1 Å². The van der Waals surface area contributed by atoms with Gasteiger partial charge >= 0.3 is 5.97 Å². The maximum absolute atomic E-state index is 11.6. The Morgan fingerprint density at radius 2 is 2.00 bits per heavy atom. The fourth-order valence-corrected chi connectivity index (χ4v) is 1.94. The molecule has 0 bridgehead atoms. The first-order valence-corrected chi connectivity index (χ1v) is 6.67. The number of ether oxygens (including phenoxy) is 1. The SMILES string of the molecule is CN=C(NCC(=O)OC(C)(C)C)N1CCC(O)CC1. The first kappa shape index (κ1) is 15.8. The van der Waals surface area contributed by atoms with E-state index < -0.39 is 5.60 Å². The van der Waals surface area contributed by atoms with Gasteiger partial charge in [0.1, 0.15) is 12.1 Å². The number of guanidine groups is 1. The minimum atomic E-state index is -0.475. The van der Waals surface area contributed by atoms with Crippen molar-refractivity contribution in [3.05, 3.63) is 0 Å². The Labute approximate surface area is 114 Å². The highest BCUT2D eigenvalue weighted by atomic mass is 16.6. The first-order chi connectivity index (χ1) is 8.81. The average molecular weight is 271 g/mol.